The van der Waals surface area contributed by atoms with Gasteiger partial charge in [0.2, 0.25) is 0 Å². The Balaban J connectivity index is 2.30. The van der Waals surface area contributed by atoms with Crippen molar-refractivity contribution in [3.05, 3.63) is 35.9 Å². The van der Waals surface area contributed by atoms with Crippen LogP contribution in [0.3, 0.4) is 0 Å². The van der Waals surface area contributed by atoms with Crippen LogP contribution in [0.1, 0.15) is 16.1 Å². The topological polar surface area (TPSA) is 78.3 Å². The summed E-state index contributed by atoms with van der Waals surface area (Å²) >= 11 is 1.40. The average molecular weight is 264 g/mol. The van der Waals surface area contributed by atoms with E-state index in [0.29, 0.717) is 16.3 Å². The molecule has 2 N–H and O–H groups in total. The fourth-order valence-electron chi connectivity index (χ4n) is 1.38. The first-order chi connectivity index (χ1) is 8.61. The Hall–Kier alpha value is -1.95. The number of pyridine rings is 1. The maximum atomic E-state index is 11.5. The van der Waals surface area contributed by atoms with Gasteiger partial charge in [0, 0.05) is 0 Å². The predicted octanol–water partition coefficient (Wildman–Crippen LogP) is 2.50. The molecule has 2 rings (SSSR count). The highest BCUT2D eigenvalue weighted by molar-refractivity contribution is 7.99. The minimum atomic E-state index is -0.472. The molecule has 0 unspecified atom stereocenters. The van der Waals surface area contributed by atoms with Gasteiger partial charge in [-0.3, -0.25) is 0 Å². The molecule has 0 aliphatic carbocycles. The molecule has 0 radical (unpaired) electrons. The maximum absolute atomic E-state index is 11.5. The summed E-state index contributed by atoms with van der Waals surface area (Å²) in [5.74, 6) is 0.332. The first kappa shape index (κ1) is 12.5. The van der Waals surface area contributed by atoms with Gasteiger partial charge in [-0.15, -0.1) is 0 Å². The summed E-state index contributed by atoms with van der Waals surface area (Å²) in [6, 6.07) is 3.45. The molecule has 2 aromatic rings. The van der Waals surface area contributed by atoms with E-state index in [1.807, 2.05) is 13.0 Å². The SMILES string of the molecule is COC(=O)c1cc(Sc2ccoc2C)ncc1N. The molecule has 18 heavy (non-hydrogen) atoms. The molecule has 6 heteroatoms. The summed E-state index contributed by atoms with van der Waals surface area (Å²) in [5.41, 5.74) is 6.30. The highest BCUT2D eigenvalue weighted by atomic mass is 32.2. The van der Waals surface area contributed by atoms with Crippen LogP contribution in [0.25, 0.3) is 0 Å². The van der Waals surface area contributed by atoms with E-state index in [9.17, 15) is 4.79 Å². The number of ether oxygens (including phenoxy) is 1. The molecule has 0 atom stereocenters. The zero-order valence-electron chi connectivity index (χ0n) is 9.97. The molecule has 0 aliphatic heterocycles. The second-order valence-electron chi connectivity index (χ2n) is 3.54. The number of rotatable bonds is 3. The summed E-state index contributed by atoms with van der Waals surface area (Å²) in [6.07, 6.45) is 3.06. The first-order valence-corrected chi connectivity index (χ1v) is 5.99. The quantitative estimate of drug-likeness (QED) is 0.858. The smallest absolute Gasteiger partial charge is 0.340 e. The van der Waals surface area contributed by atoms with E-state index in [4.69, 9.17) is 10.2 Å². The van der Waals surface area contributed by atoms with Crippen molar-refractivity contribution in [2.45, 2.75) is 16.8 Å². The molecule has 0 saturated heterocycles. The van der Waals surface area contributed by atoms with Gasteiger partial charge in [0.05, 0.1) is 35.7 Å². The highest BCUT2D eigenvalue weighted by Gasteiger charge is 2.13. The van der Waals surface area contributed by atoms with Crippen LogP contribution in [-0.4, -0.2) is 18.1 Å². The normalized spacial score (nSPS) is 10.3. The van der Waals surface area contributed by atoms with Crippen molar-refractivity contribution in [3.8, 4) is 0 Å². The van der Waals surface area contributed by atoms with Crippen molar-refractivity contribution < 1.29 is 13.9 Å². The lowest BCUT2D eigenvalue weighted by molar-refractivity contribution is 0.0601. The molecule has 0 aromatic carbocycles. The number of nitrogens with zero attached hydrogens (tertiary/aromatic N) is 1. The summed E-state index contributed by atoms with van der Waals surface area (Å²) in [4.78, 5) is 16.6. The van der Waals surface area contributed by atoms with E-state index in [1.54, 1.807) is 12.3 Å². The second-order valence-corrected chi connectivity index (χ2v) is 4.61. The lowest BCUT2D eigenvalue weighted by Gasteiger charge is -2.05. The number of nitrogen functional groups attached to an aromatic ring is 1. The molecule has 0 fully saturated rings. The number of aryl methyl sites for hydroxylation is 1. The van der Waals surface area contributed by atoms with E-state index < -0.39 is 5.97 Å². The van der Waals surface area contributed by atoms with E-state index in [2.05, 4.69) is 9.72 Å². The number of hydrogen-bond acceptors (Lipinski definition) is 6. The largest absolute Gasteiger partial charge is 0.468 e. The van der Waals surface area contributed by atoms with Crippen LogP contribution in [0.2, 0.25) is 0 Å². The fraction of sp³-hybridized carbons (Fsp3) is 0.167. The van der Waals surface area contributed by atoms with Crippen LogP contribution in [0.15, 0.2) is 38.9 Å². The van der Waals surface area contributed by atoms with Gasteiger partial charge >= 0.3 is 5.97 Å². The maximum Gasteiger partial charge on any atom is 0.340 e. The van der Waals surface area contributed by atoms with Gasteiger partial charge in [-0.1, -0.05) is 11.8 Å². The van der Waals surface area contributed by atoms with Gasteiger partial charge in [0.25, 0.3) is 0 Å². The Kier molecular flexibility index (Phi) is 3.57. The summed E-state index contributed by atoms with van der Waals surface area (Å²) in [7, 11) is 1.31. The lowest BCUT2D eigenvalue weighted by atomic mass is 10.2. The molecular weight excluding hydrogens is 252 g/mol. The molecule has 0 saturated carbocycles. The molecule has 0 amide bonds. The minimum Gasteiger partial charge on any atom is -0.468 e. The van der Waals surface area contributed by atoms with Crippen LogP contribution >= 0.6 is 11.8 Å². The molecule has 0 spiro atoms. The van der Waals surface area contributed by atoms with Gasteiger partial charge in [0.15, 0.2) is 0 Å². The van der Waals surface area contributed by atoms with Gasteiger partial charge < -0.3 is 14.9 Å². The van der Waals surface area contributed by atoms with Crippen LogP contribution in [0.4, 0.5) is 5.69 Å². The molecule has 94 valence electrons. The average Bonchev–Trinajstić information content (AvgIpc) is 2.76. The highest BCUT2D eigenvalue weighted by Crippen LogP contribution is 2.30. The molecule has 0 aliphatic rings. The molecule has 2 aromatic heterocycles. The molecule has 0 bridgehead atoms. The summed E-state index contributed by atoms with van der Waals surface area (Å²) in [5, 5.41) is 0.661. The van der Waals surface area contributed by atoms with Crippen molar-refractivity contribution in [1.29, 1.82) is 0 Å². The Morgan fingerprint density at radius 2 is 2.33 bits per heavy atom. The molecular formula is C12H12N2O3S. The fourth-order valence-corrected chi connectivity index (χ4v) is 2.20. The number of anilines is 1. The number of furan rings is 1. The number of carbonyl (C=O) groups excluding carboxylic acids is 1. The van der Waals surface area contributed by atoms with Gasteiger partial charge in [-0.25, -0.2) is 9.78 Å². The monoisotopic (exact) mass is 264 g/mol. The minimum absolute atomic E-state index is 0.301. The number of hydrogen-bond donors (Lipinski definition) is 1. The number of aromatic nitrogens is 1. The van der Waals surface area contributed by atoms with Crippen LogP contribution in [-0.2, 0) is 4.74 Å². The van der Waals surface area contributed by atoms with Crippen molar-refractivity contribution in [1.82, 2.24) is 4.98 Å². The third-order valence-corrected chi connectivity index (χ3v) is 3.42. The zero-order valence-corrected chi connectivity index (χ0v) is 10.8. The van der Waals surface area contributed by atoms with E-state index in [0.717, 1.165) is 10.7 Å². The standard InChI is InChI=1S/C12H12N2O3S/c1-7-10(3-4-17-7)18-11-5-8(12(15)16-2)9(13)6-14-11/h3-6H,13H2,1-2H3. The van der Waals surface area contributed by atoms with Crippen molar-refractivity contribution in [2.24, 2.45) is 0 Å². The van der Waals surface area contributed by atoms with Crippen LogP contribution < -0.4 is 5.73 Å². The Bertz CT molecular complexity index is 580. The third kappa shape index (κ3) is 2.48. The Morgan fingerprint density at radius 1 is 1.56 bits per heavy atom. The van der Waals surface area contributed by atoms with Crippen molar-refractivity contribution >= 4 is 23.4 Å². The van der Waals surface area contributed by atoms with E-state index in [-0.39, 0.29) is 0 Å². The number of esters is 1. The molecule has 2 heterocycles. The van der Waals surface area contributed by atoms with Crippen LogP contribution in [0, 0.1) is 6.92 Å². The Morgan fingerprint density at radius 3 is 2.94 bits per heavy atom. The van der Waals surface area contributed by atoms with Crippen LogP contribution in [0.5, 0.6) is 0 Å². The second kappa shape index (κ2) is 5.14. The third-order valence-electron chi connectivity index (χ3n) is 2.34. The predicted molar refractivity (Wildman–Crippen MR) is 67.6 cm³/mol. The summed E-state index contributed by atoms with van der Waals surface area (Å²) in [6.45, 7) is 1.86. The van der Waals surface area contributed by atoms with Crippen molar-refractivity contribution in [3.63, 3.8) is 0 Å². The van der Waals surface area contributed by atoms with Gasteiger partial charge in [0.1, 0.15) is 10.8 Å². The number of carbonyl (C=O) groups is 1. The zero-order chi connectivity index (χ0) is 13.1. The first-order valence-electron chi connectivity index (χ1n) is 5.17. The molecule has 5 nitrogen and oxygen atoms in total. The van der Waals surface area contributed by atoms with E-state index in [1.165, 1.54) is 25.1 Å². The van der Waals surface area contributed by atoms with Gasteiger partial charge in [-0.2, -0.15) is 0 Å². The lowest BCUT2D eigenvalue weighted by Crippen LogP contribution is -2.06. The number of nitrogens with two attached hydrogens (primary N) is 1. The Labute approximate surface area is 108 Å². The van der Waals surface area contributed by atoms with Gasteiger partial charge in [-0.05, 0) is 19.1 Å². The number of methoxy groups -OCH3 is 1. The summed E-state index contributed by atoms with van der Waals surface area (Å²) < 4.78 is 9.85. The van der Waals surface area contributed by atoms with Crippen molar-refractivity contribution in [2.75, 3.05) is 12.8 Å². The van der Waals surface area contributed by atoms with E-state index >= 15 is 0 Å².